The van der Waals surface area contributed by atoms with Gasteiger partial charge in [0.05, 0.1) is 5.69 Å². The Hall–Kier alpha value is -4.46. The highest BCUT2D eigenvalue weighted by Crippen LogP contribution is 2.31. The van der Waals surface area contributed by atoms with Gasteiger partial charge in [-0.15, -0.1) is 0 Å². The van der Waals surface area contributed by atoms with Gasteiger partial charge in [0.2, 0.25) is 0 Å². The largest absolute Gasteiger partial charge is 0.309 e. The molecular formula is C40H49N7. The number of fused-ring (bicyclic) bond motifs is 1. The van der Waals surface area contributed by atoms with Gasteiger partial charge in [-0.1, -0.05) is 79.6 Å². The maximum absolute atomic E-state index is 5.12. The molecule has 0 saturated carbocycles. The maximum Gasteiger partial charge on any atom is 0.162 e. The zero-order valence-corrected chi connectivity index (χ0v) is 28.5. The fourth-order valence-electron chi connectivity index (χ4n) is 5.56. The van der Waals surface area contributed by atoms with Crippen LogP contribution in [0, 0.1) is 0 Å². The van der Waals surface area contributed by atoms with Crippen molar-refractivity contribution in [1.82, 2.24) is 24.3 Å². The molecule has 0 aliphatic rings. The summed E-state index contributed by atoms with van der Waals surface area (Å²) in [5.41, 5.74) is 7.10. The lowest BCUT2D eigenvalue weighted by molar-refractivity contribution is 0.392. The number of hydrogen-bond acceptors (Lipinski definition) is 6. The van der Waals surface area contributed by atoms with Crippen molar-refractivity contribution in [2.45, 2.75) is 38.5 Å². The molecule has 0 aliphatic heterocycles. The van der Waals surface area contributed by atoms with Crippen molar-refractivity contribution in [3.05, 3.63) is 102 Å². The molecule has 47 heavy (non-hydrogen) atoms. The van der Waals surface area contributed by atoms with Crippen LogP contribution in [-0.2, 0) is 0 Å². The first-order chi connectivity index (χ1) is 23.0. The Morgan fingerprint density at radius 3 is 1.74 bits per heavy atom. The van der Waals surface area contributed by atoms with Crippen LogP contribution >= 0.6 is 0 Å². The molecule has 0 unspecified atom stereocenters. The van der Waals surface area contributed by atoms with E-state index in [0.29, 0.717) is 5.82 Å². The molecule has 3 aromatic carbocycles. The lowest BCUT2D eigenvalue weighted by Gasteiger charge is -2.10. The Bertz CT molecular complexity index is 1720. The van der Waals surface area contributed by atoms with Crippen LogP contribution in [0.1, 0.15) is 49.7 Å². The Morgan fingerprint density at radius 2 is 1.17 bits per heavy atom. The molecule has 0 radical (unpaired) electrons. The highest BCUT2D eigenvalue weighted by atomic mass is 15.1. The second-order valence-electron chi connectivity index (χ2n) is 12.7. The molecule has 0 atom stereocenters. The van der Waals surface area contributed by atoms with Crippen molar-refractivity contribution in [2.75, 3.05) is 54.4 Å². The first kappa shape index (κ1) is 33.9. The van der Waals surface area contributed by atoms with Crippen LogP contribution in [0.5, 0.6) is 0 Å². The summed E-state index contributed by atoms with van der Waals surface area (Å²) in [5.74, 6) is 0.704. The number of hydrogen-bond donors (Lipinski definition) is 0. The fourth-order valence-corrected chi connectivity index (χ4v) is 5.56. The van der Waals surface area contributed by atoms with Gasteiger partial charge >= 0.3 is 0 Å². The van der Waals surface area contributed by atoms with Gasteiger partial charge in [0.1, 0.15) is 5.65 Å². The lowest BCUT2D eigenvalue weighted by atomic mass is 10.1. The summed E-state index contributed by atoms with van der Waals surface area (Å²) in [5, 5.41) is 1.02. The number of nitrogens with zero attached hydrogens (tertiary/aromatic N) is 7. The summed E-state index contributed by atoms with van der Waals surface area (Å²) in [6.45, 7) is 4.00. The second-order valence-corrected chi connectivity index (χ2v) is 12.7. The molecule has 7 heteroatoms. The summed E-state index contributed by atoms with van der Waals surface area (Å²) in [4.78, 5) is 24.0. The SMILES string of the molecule is CN(C)CCCCC/N=C/c1ccc(-c2nc(-c3ccccc3)c3ccn(-c4ccc(/C=N/CCCCCN(C)C)cc4)c3n2)cc1. The molecule has 0 saturated heterocycles. The minimum absolute atomic E-state index is 0.704. The van der Waals surface area contributed by atoms with E-state index in [0.717, 1.165) is 83.7 Å². The first-order valence-electron chi connectivity index (χ1n) is 16.9. The number of unbranched alkanes of at least 4 members (excludes halogenated alkanes) is 4. The number of aliphatic imine (C=N–C) groups is 2. The number of aromatic nitrogens is 3. The minimum Gasteiger partial charge on any atom is -0.309 e. The molecule has 2 aromatic heterocycles. The van der Waals surface area contributed by atoms with Crippen LogP contribution in [0.4, 0.5) is 0 Å². The first-order valence-corrected chi connectivity index (χ1v) is 16.9. The van der Waals surface area contributed by atoms with Gasteiger partial charge in [0.15, 0.2) is 5.82 Å². The average Bonchev–Trinajstić information content (AvgIpc) is 3.52. The highest BCUT2D eigenvalue weighted by Gasteiger charge is 2.15. The predicted molar refractivity (Wildman–Crippen MR) is 199 cm³/mol. The average molecular weight is 628 g/mol. The van der Waals surface area contributed by atoms with Gasteiger partial charge in [-0.25, -0.2) is 9.97 Å². The molecule has 0 N–H and O–H groups in total. The second kappa shape index (κ2) is 17.5. The van der Waals surface area contributed by atoms with Crippen LogP contribution in [0.25, 0.3) is 39.4 Å². The minimum atomic E-state index is 0.704. The van der Waals surface area contributed by atoms with E-state index < -0.39 is 0 Å². The van der Waals surface area contributed by atoms with Crippen molar-refractivity contribution in [3.63, 3.8) is 0 Å². The summed E-state index contributed by atoms with van der Waals surface area (Å²) < 4.78 is 2.15. The molecule has 5 aromatic rings. The van der Waals surface area contributed by atoms with E-state index in [1.165, 1.54) is 25.7 Å². The van der Waals surface area contributed by atoms with E-state index in [4.69, 9.17) is 9.97 Å². The Labute approximate surface area is 280 Å². The van der Waals surface area contributed by atoms with Gasteiger partial charge in [-0.2, -0.15) is 0 Å². The Morgan fingerprint density at radius 1 is 0.596 bits per heavy atom. The molecule has 0 aliphatic carbocycles. The third-order valence-electron chi connectivity index (χ3n) is 8.20. The van der Waals surface area contributed by atoms with Crippen LogP contribution in [0.3, 0.4) is 0 Å². The number of rotatable bonds is 17. The predicted octanol–water partition coefficient (Wildman–Crippen LogP) is 8.06. The van der Waals surface area contributed by atoms with Gasteiger partial charge in [-0.05, 0) is 96.3 Å². The zero-order chi connectivity index (χ0) is 32.8. The summed E-state index contributed by atoms with van der Waals surface area (Å²) >= 11 is 0. The summed E-state index contributed by atoms with van der Waals surface area (Å²) in [6.07, 6.45) is 13.1. The van der Waals surface area contributed by atoms with Crippen molar-refractivity contribution in [2.24, 2.45) is 9.98 Å². The quantitative estimate of drug-likeness (QED) is 0.0773. The van der Waals surface area contributed by atoms with E-state index in [1.807, 2.05) is 18.5 Å². The van der Waals surface area contributed by atoms with Crippen molar-refractivity contribution in [3.8, 4) is 28.3 Å². The molecule has 2 heterocycles. The van der Waals surface area contributed by atoms with E-state index in [9.17, 15) is 0 Å². The molecule has 0 amide bonds. The van der Waals surface area contributed by atoms with E-state index in [-0.39, 0.29) is 0 Å². The third-order valence-corrected chi connectivity index (χ3v) is 8.20. The van der Waals surface area contributed by atoms with Crippen LogP contribution in [0.2, 0.25) is 0 Å². The standard InChI is InChI=1S/C40H49N7/c1-45(2)27-12-6-10-25-41-30-32-16-20-35(21-17-32)39-43-38(34-14-8-5-9-15-34)37-24-29-47(40(37)44-39)36-22-18-33(19-23-36)31-42-26-11-7-13-28-46(3)4/h5,8-9,14-24,29-31H,6-7,10-13,25-28H2,1-4H3/b41-30+,42-31+. The molecule has 244 valence electrons. The van der Waals surface area contributed by atoms with Crippen LogP contribution in [0.15, 0.2) is 101 Å². The molecule has 0 fully saturated rings. The monoisotopic (exact) mass is 627 g/mol. The number of benzene rings is 3. The van der Waals surface area contributed by atoms with Gasteiger partial charge < -0.3 is 14.4 Å². The van der Waals surface area contributed by atoms with Crippen molar-refractivity contribution >= 4 is 23.5 Å². The van der Waals surface area contributed by atoms with Crippen LogP contribution in [-0.4, -0.2) is 91.1 Å². The summed E-state index contributed by atoms with van der Waals surface area (Å²) in [6, 6.07) is 29.4. The van der Waals surface area contributed by atoms with Gasteiger partial charge in [-0.3, -0.25) is 9.98 Å². The van der Waals surface area contributed by atoms with E-state index in [2.05, 4.69) is 138 Å². The van der Waals surface area contributed by atoms with Gasteiger partial charge in [0, 0.05) is 53.9 Å². The third kappa shape index (κ3) is 10.0. The fraction of sp³-hybridized carbons (Fsp3) is 0.350. The van der Waals surface area contributed by atoms with Gasteiger partial charge in [0.25, 0.3) is 0 Å². The zero-order valence-electron chi connectivity index (χ0n) is 28.5. The Kier molecular flexibility index (Phi) is 12.6. The van der Waals surface area contributed by atoms with Crippen molar-refractivity contribution < 1.29 is 0 Å². The van der Waals surface area contributed by atoms with Crippen molar-refractivity contribution in [1.29, 1.82) is 0 Å². The molecular weight excluding hydrogens is 578 g/mol. The molecule has 0 bridgehead atoms. The summed E-state index contributed by atoms with van der Waals surface area (Å²) in [7, 11) is 8.49. The van der Waals surface area contributed by atoms with Crippen LogP contribution < -0.4 is 0 Å². The molecule has 0 spiro atoms. The lowest BCUT2D eigenvalue weighted by Crippen LogP contribution is -2.12. The van der Waals surface area contributed by atoms with E-state index >= 15 is 0 Å². The highest BCUT2D eigenvalue weighted by molar-refractivity contribution is 5.93. The van der Waals surface area contributed by atoms with E-state index in [1.54, 1.807) is 0 Å². The Balaban J connectivity index is 1.33. The smallest absolute Gasteiger partial charge is 0.162 e. The topological polar surface area (TPSA) is 61.9 Å². The maximum atomic E-state index is 5.12. The molecule has 5 rings (SSSR count). The normalized spacial score (nSPS) is 12.0. The molecule has 7 nitrogen and oxygen atoms in total.